The quantitative estimate of drug-likeness (QED) is 0.876. The molecule has 1 aromatic rings. The van der Waals surface area contributed by atoms with Gasteiger partial charge in [0.15, 0.2) is 11.6 Å². The lowest BCUT2D eigenvalue weighted by molar-refractivity contribution is 0.177. The molecule has 1 fully saturated rings. The molecule has 2 rings (SSSR count). The first-order chi connectivity index (χ1) is 8.66. The highest BCUT2D eigenvalue weighted by atomic mass is 19.1. The lowest BCUT2D eigenvalue weighted by atomic mass is 9.63. The van der Waals surface area contributed by atoms with Crippen LogP contribution in [-0.4, -0.2) is 20.8 Å². The summed E-state index contributed by atoms with van der Waals surface area (Å²) in [4.78, 5) is 0. The Balaban J connectivity index is 2.47. The summed E-state index contributed by atoms with van der Waals surface area (Å²) >= 11 is 0. The summed E-state index contributed by atoms with van der Waals surface area (Å²) in [5.74, 6) is -0.0654. The van der Waals surface area contributed by atoms with Crippen molar-refractivity contribution in [1.82, 2.24) is 0 Å². The normalized spacial score (nSPS) is 17.3. The molecule has 1 aliphatic rings. The maximum atomic E-state index is 13.9. The van der Waals surface area contributed by atoms with Gasteiger partial charge in [-0.25, -0.2) is 4.39 Å². The van der Waals surface area contributed by atoms with Crippen LogP contribution in [0.15, 0.2) is 12.1 Å². The second kappa shape index (κ2) is 5.24. The Hall–Kier alpha value is -1.13. The van der Waals surface area contributed by atoms with E-state index in [0.717, 1.165) is 30.4 Å². The van der Waals surface area contributed by atoms with Crippen LogP contribution in [0.25, 0.3) is 0 Å². The van der Waals surface area contributed by atoms with E-state index in [4.69, 9.17) is 15.2 Å². The largest absolute Gasteiger partial charge is 0.494 e. The van der Waals surface area contributed by atoms with Crippen molar-refractivity contribution in [2.24, 2.45) is 5.73 Å². The van der Waals surface area contributed by atoms with E-state index in [1.807, 2.05) is 0 Å². The van der Waals surface area contributed by atoms with Crippen molar-refractivity contribution >= 4 is 0 Å². The van der Waals surface area contributed by atoms with E-state index < -0.39 is 0 Å². The third-order valence-electron chi connectivity index (χ3n) is 3.95. The molecule has 3 nitrogen and oxygen atoms in total. The molecule has 0 saturated heterocycles. The fraction of sp³-hybridized carbons (Fsp3) is 0.571. The zero-order valence-corrected chi connectivity index (χ0v) is 11.0. The van der Waals surface area contributed by atoms with E-state index in [1.165, 1.54) is 7.11 Å². The second-order valence-corrected chi connectivity index (χ2v) is 4.91. The van der Waals surface area contributed by atoms with Crippen LogP contribution in [0.4, 0.5) is 4.39 Å². The summed E-state index contributed by atoms with van der Waals surface area (Å²) in [5.41, 5.74) is 7.78. The molecule has 1 aromatic carbocycles. The van der Waals surface area contributed by atoms with Crippen LogP contribution in [0.3, 0.4) is 0 Å². The number of rotatable bonds is 5. The molecule has 0 atom stereocenters. The van der Waals surface area contributed by atoms with Crippen molar-refractivity contribution in [3.05, 3.63) is 29.1 Å². The third kappa shape index (κ3) is 2.10. The molecule has 18 heavy (non-hydrogen) atoms. The number of hydrogen-bond acceptors (Lipinski definition) is 3. The van der Waals surface area contributed by atoms with Gasteiger partial charge in [-0.2, -0.15) is 0 Å². The summed E-state index contributed by atoms with van der Waals surface area (Å²) in [5, 5.41) is 0. The first kappa shape index (κ1) is 13.3. The molecule has 0 amide bonds. The minimum Gasteiger partial charge on any atom is -0.494 e. The van der Waals surface area contributed by atoms with Gasteiger partial charge in [0.2, 0.25) is 0 Å². The first-order valence-electron chi connectivity index (χ1n) is 6.23. The Labute approximate surface area is 107 Å². The van der Waals surface area contributed by atoms with Gasteiger partial charge in [-0.15, -0.1) is 0 Å². The summed E-state index contributed by atoms with van der Waals surface area (Å²) in [6, 6.07) is 3.29. The number of nitrogens with two attached hydrogens (primary N) is 1. The predicted octanol–water partition coefficient (Wildman–Crippen LogP) is 2.36. The van der Waals surface area contributed by atoms with Crippen molar-refractivity contribution in [3.63, 3.8) is 0 Å². The highest BCUT2D eigenvalue weighted by molar-refractivity contribution is 5.42. The van der Waals surface area contributed by atoms with Crippen LogP contribution in [-0.2, 0) is 16.8 Å². The van der Waals surface area contributed by atoms with Gasteiger partial charge >= 0.3 is 0 Å². The van der Waals surface area contributed by atoms with E-state index >= 15 is 0 Å². The topological polar surface area (TPSA) is 44.5 Å². The molecule has 0 unspecified atom stereocenters. The molecule has 0 aliphatic heterocycles. The van der Waals surface area contributed by atoms with Gasteiger partial charge in [-0.05, 0) is 36.1 Å². The summed E-state index contributed by atoms with van der Waals surface area (Å²) in [6.07, 6.45) is 3.19. The molecule has 0 spiro atoms. The maximum absolute atomic E-state index is 13.9. The Morgan fingerprint density at radius 1 is 1.33 bits per heavy atom. The summed E-state index contributed by atoms with van der Waals surface area (Å²) < 4.78 is 24.1. The highest BCUT2D eigenvalue weighted by Gasteiger charge is 2.39. The fourth-order valence-corrected chi connectivity index (χ4v) is 2.71. The van der Waals surface area contributed by atoms with E-state index in [9.17, 15) is 4.39 Å². The van der Waals surface area contributed by atoms with E-state index in [2.05, 4.69) is 0 Å². The molecule has 100 valence electrons. The number of methoxy groups -OCH3 is 2. The predicted molar refractivity (Wildman–Crippen MR) is 68.2 cm³/mol. The van der Waals surface area contributed by atoms with Crippen molar-refractivity contribution < 1.29 is 13.9 Å². The second-order valence-electron chi connectivity index (χ2n) is 4.91. The van der Waals surface area contributed by atoms with Crippen molar-refractivity contribution in [3.8, 4) is 5.75 Å². The molecule has 0 aromatic heterocycles. The van der Waals surface area contributed by atoms with Gasteiger partial charge in [-0.1, -0.05) is 6.42 Å². The number of benzene rings is 1. The lowest BCUT2D eigenvalue weighted by Gasteiger charge is -2.42. The number of halogens is 1. The van der Waals surface area contributed by atoms with E-state index in [0.29, 0.717) is 13.2 Å². The van der Waals surface area contributed by atoms with Crippen LogP contribution in [0, 0.1) is 5.82 Å². The molecule has 0 heterocycles. The number of hydrogen-bond donors (Lipinski definition) is 1. The molecular formula is C14H20FNO2. The van der Waals surface area contributed by atoms with E-state index in [-0.39, 0.29) is 17.0 Å². The standard InChI is InChI=1S/C14H20FNO2/c1-17-8-10-6-13(18-2)12(15)7-11(10)14(9-16)4-3-5-14/h6-7H,3-5,8-9,16H2,1-2H3. The molecule has 1 saturated carbocycles. The number of ether oxygens (including phenoxy) is 2. The average molecular weight is 253 g/mol. The Morgan fingerprint density at radius 3 is 2.50 bits per heavy atom. The van der Waals surface area contributed by atoms with Gasteiger partial charge in [-0.3, -0.25) is 0 Å². The van der Waals surface area contributed by atoms with Crippen molar-refractivity contribution in [1.29, 1.82) is 0 Å². The average Bonchev–Trinajstić information content (AvgIpc) is 2.31. The van der Waals surface area contributed by atoms with Gasteiger partial charge in [0.1, 0.15) is 0 Å². The van der Waals surface area contributed by atoms with Gasteiger partial charge < -0.3 is 15.2 Å². The van der Waals surface area contributed by atoms with Crippen LogP contribution in [0.2, 0.25) is 0 Å². The summed E-state index contributed by atoms with van der Waals surface area (Å²) in [6.45, 7) is 1.00. The van der Waals surface area contributed by atoms with Crippen LogP contribution in [0.1, 0.15) is 30.4 Å². The Morgan fingerprint density at radius 2 is 2.06 bits per heavy atom. The monoisotopic (exact) mass is 253 g/mol. The zero-order chi connectivity index (χ0) is 13.2. The van der Waals surface area contributed by atoms with Crippen LogP contribution < -0.4 is 10.5 Å². The minimum atomic E-state index is -0.327. The van der Waals surface area contributed by atoms with Crippen molar-refractivity contribution in [2.75, 3.05) is 20.8 Å². The zero-order valence-electron chi connectivity index (χ0n) is 11.0. The molecular weight excluding hydrogens is 233 g/mol. The maximum Gasteiger partial charge on any atom is 0.165 e. The minimum absolute atomic E-state index is 0.0685. The Kier molecular flexibility index (Phi) is 3.88. The van der Waals surface area contributed by atoms with Gasteiger partial charge in [0.05, 0.1) is 13.7 Å². The molecule has 0 radical (unpaired) electrons. The third-order valence-corrected chi connectivity index (χ3v) is 3.95. The molecule has 4 heteroatoms. The molecule has 1 aliphatic carbocycles. The van der Waals surface area contributed by atoms with E-state index in [1.54, 1.807) is 19.2 Å². The van der Waals surface area contributed by atoms with Crippen molar-refractivity contribution in [2.45, 2.75) is 31.3 Å². The highest BCUT2D eigenvalue weighted by Crippen LogP contribution is 2.45. The smallest absolute Gasteiger partial charge is 0.165 e. The van der Waals surface area contributed by atoms with Gasteiger partial charge in [0, 0.05) is 19.1 Å². The SMILES string of the molecule is COCc1cc(OC)c(F)cc1C1(CN)CCC1. The van der Waals surface area contributed by atoms with Gasteiger partial charge in [0.25, 0.3) is 0 Å². The first-order valence-corrected chi connectivity index (χ1v) is 6.23. The van der Waals surface area contributed by atoms with Crippen LogP contribution in [0.5, 0.6) is 5.75 Å². The summed E-state index contributed by atoms with van der Waals surface area (Å²) in [7, 11) is 3.10. The molecule has 2 N–H and O–H groups in total. The fourth-order valence-electron chi connectivity index (χ4n) is 2.71. The lowest BCUT2D eigenvalue weighted by Crippen LogP contribution is -2.42. The molecule has 0 bridgehead atoms. The Bertz CT molecular complexity index is 425. The van der Waals surface area contributed by atoms with Crippen LogP contribution >= 0.6 is 0 Å².